The normalized spacial score (nSPS) is 11.6. The van der Waals surface area contributed by atoms with Crippen molar-refractivity contribution in [2.24, 2.45) is 0 Å². The van der Waals surface area contributed by atoms with Gasteiger partial charge in [-0.1, -0.05) is 49.4 Å². The number of ketones is 1. The summed E-state index contributed by atoms with van der Waals surface area (Å²) in [6.45, 7) is 1.73. The molecule has 1 amide bonds. The zero-order chi connectivity index (χ0) is 18.2. The molecule has 2 rings (SSSR count). The number of carboxylic acids is 1. The third kappa shape index (κ3) is 5.28. The van der Waals surface area contributed by atoms with E-state index in [9.17, 15) is 19.5 Å². The molecule has 130 valence electrons. The molecule has 0 saturated heterocycles. The van der Waals surface area contributed by atoms with E-state index in [0.29, 0.717) is 12.0 Å². The van der Waals surface area contributed by atoms with Crippen LogP contribution in [0.3, 0.4) is 0 Å². The predicted octanol–water partition coefficient (Wildman–Crippen LogP) is 3.30. The number of amides is 1. The molecule has 1 atom stereocenters. The Bertz CT molecular complexity index is 738. The second-order valence-corrected chi connectivity index (χ2v) is 5.74. The third-order valence-corrected chi connectivity index (χ3v) is 3.96. The molecular formula is C20H21NO4. The molecule has 5 heteroatoms. The lowest BCUT2D eigenvalue weighted by atomic mass is 10.0. The Morgan fingerprint density at radius 3 is 2.12 bits per heavy atom. The van der Waals surface area contributed by atoms with Crippen LogP contribution in [-0.2, 0) is 9.59 Å². The van der Waals surface area contributed by atoms with Gasteiger partial charge in [0.1, 0.15) is 11.8 Å². The maximum absolute atomic E-state index is 12.3. The highest BCUT2D eigenvalue weighted by molar-refractivity contribution is 5.97. The van der Waals surface area contributed by atoms with E-state index >= 15 is 0 Å². The number of carboxylic acid groups (broad SMARTS) is 1. The molecule has 0 radical (unpaired) electrons. The minimum atomic E-state index is -1.14. The van der Waals surface area contributed by atoms with E-state index in [1.165, 1.54) is 0 Å². The van der Waals surface area contributed by atoms with Crippen molar-refractivity contribution in [3.63, 3.8) is 0 Å². The van der Waals surface area contributed by atoms with Gasteiger partial charge in [-0.05, 0) is 29.7 Å². The number of benzene rings is 2. The fourth-order valence-corrected chi connectivity index (χ4v) is 2.43. The summed E-state index contributed by atoms with van der Waals surface area (Å²) in [7, 11) is 0. The first-order valence-electron chi connectivity index (χ1n) is 8.22. The average molecular weight is 339 g/mol. The molecule has 0 bridgehead atoms. The molecule has 25 heavy (non-hydrogen) atoms. The Morgan fingerprint density at radius 1 is 0.960 bits per heavy atom. The van der Waals surface area contributed by atoms with E-state index in [4.69, 9.17) is 0 Å². The van der Waals surface area contributed by atoms with Gasteiger partial charge >= 0.3 is 5.97 Å². The van der Waals surface area contributed by atoms with Gasteiger partial charge in [-0.25, -0.2) is 4.79 Å². The van der Waals surface area contributed by atoms with Crippen LogP contribution < -0.4 is 5.32 Å². The SMILES string of the molecule is CCC(=O)CC[C@H](NC(=O)c1ccc(-c2ccccc2)cc1)C(=O)O. The second kappa shape index (κ2) is 8.78. The summed E-state index contributed by atoms with van der Waals surface area (Å²) in [5.41, 5.74) is 2.39. The lowest BCUT2D eigenvalue weighted by Gasteiger charge is -2.14. The van der Waals surface area contributed by atoms with Crippen LogP contribution in [0.4, 0.5) is 0 Å². The maximum Gasteiger partial charge on any atom is 0.326 e. The minimum Gasteiger partial charge on any atom is -0.480 e. The van der Waals surface area contributed by atoms with Gasteiger partial charge in [0.05, 0.1) is 0 Å². The van der Waals surface area contributed by atoms with Crippen molar-refractivity contribution in [3.8, 4) is 11.1 Å². The monoisotopic (exact) mass is 339 g/mol. The molecule has 0 heterocycles. The highest BCUT2D eigenvalue weighted by Crippen LogP contribution is 2.19. The van der Waals surface area contributed by atoms with Crippen LogP contribution in [0.15, 0.2) is 54.6 Å². The second-order valence-electron chi connectivity index (χ2n) is 5.74. The zero-order valence-corrected chi connectivity index (χ0v) is 14.1. The Kier molecular flexibility index (Phi) is 6.46. The molecule has 0 aromatic heterocycles. The number of hydrogen-bond acceptors (Lipinski definition) is 3. The first kappa shape index (κ1) is 18.4. The topological polar surface area (TPSA) is 83.5 Å². The zero-order valence-electron chi connectivity index (χ0n) is 14.1. The highest BCUT2D eigenvalue weighted by atomic mass is 16.4. The first-order chi connectivity index (χ1) is 12.0. The molecule has 0 unspecified atom stereocenters. The van der Waals surface area contributed by atoms with Crippen LogP contribution in [0.5, 0.6) is 0 Å². The number of aliphatic carboxylic acids is 1. The summed E-state index contributed by atoms with van der Waals surface area (Å²) >= 11 is 0. The summed E-state index contributed by atoms with van der Waals surface area (Å²) in [4.78, 5) is 34.9. The van der Waals surface area contributed by atoms with Crippen molar-refractivity contribution in [2.45, 2.75) is 32.2 Å². The molecule has 0 aliphatic rings. The Labute approximate surface area is 146 Å². The van der Waals surface area contributed by atoms with Gasteiger partial charge in [-0.2, -0.15) is 0 Å². The number of carbonyl (C=O) groups is 3. The van der Waals surface area contributed by atoms with Crippen molar-refractivity contribution < 1.29 is 19.5 Å². The van der Waals surface area contributed by atoms with Gasteiger partial charge in [0, 0.05) is 18.4 Å². The summed E-state index contributed by atoms with van der Waals surface area (Å²) in [5, 5.41) is 11.7. The Balaban J connectivity index is 2.03. The molecule has 0 aliphatic carbocycles. The maximum atomic E-state index is 12.3. The molecule has 2 aromatic carbocycles. The van der Waals surface area contributed by atoms with Crippen LogP contribution in [0, 0.1) is 0 Å². The van der Waals surface area contributed by atoms with Crippen LogP contribution in [-0.4, -0.2) is 28.8 Å². The molecule has 0 fully saturated rings. The fourth-order valence-electron chi connectivity index (χ4n) is 2.43. The van der Waals surface area contributed by atoms with E-state index < -0.39 is 17.9 Å². The lowest BCUT2D eigenvalue weighted by Crippen LogP contribution is -2.41. The van der Waals surface area contributed by atoms with E-state index in [-0.39, 0.29) is 18.6 Å². The predicted molar refractivity (Wildman–Crippen MR) is 95.3 cm³/mol. The van der Waals surface area contributed by atoms with E-state index in [0.717, 1.165) is 11.1 Å². The van der Waals surface area contributed by atoms with Crippen molar-refractivity contribution >= 4 is 17.7 Å². The lowest BCUT2D eigenvalue weighted by molar-refractivity contribution is -0.139. The molecule has 0 aliphatic heterocycles. The van der Waals surface area contributed by atoms with Crippen molar-refractivity contribution in [1.82, 2.24) is 5.32 Å². The van der Waals surface area contributed by atoms with Crippen molar-refractivity contribution in [1.29, 1.82) is 0 Å². The number of nitrogens with one attached hydrogen (secondary N) is 1. The molecular weight excluding hydrogens is 318 g/mol. The standard InChI is InChI=1S/C20H21NO4/c1-2-17(22)12-13-18(20(24)25)21-19(23)16-10-8-15(9-11-16)14-6-4-3-5-7-14/h3-11,18H,2,12-13H2,1H3,(H,21,23)(H,24,25)/t18-/m0/s1. The van der Waals surface area contributed by atoms with Gasteiger partial charge in [-0.3, -0.25) is 9.59 Å². The van der Waals surface area contributed by atoms with Gasteiger partial charge in [-0.15, -0.1) is 0 Å². The Morgan fingerprint density at radius 2 is 1.56 bits per heavy atom. The molecule has 0 saturated carbocycles. The average Bonchev–Trinajstić information content (AvgIpc) is 2.65. The summed E-state index contributed by atoms with van der Waals surface area (Å²) < 4.78 is 0. The largest absolute Gasteiger partial charge is 0.480 e. The molecule has 0 spiro atoms. The third-order valence-electron chi connectivity index (χ3n) is 3.96. The van der Waals surface area contributed by atoms with Crippen LogP contribution in [0.2, 0.25) is 0 Å². The van der Waals surface area contributed by atoms with Crippen LogP contribution in [0.1, 0.15) is 36.5 Å². The molecule has 2 N–H and O–H groups in total. The highest BCUT2D eigenvalue weighted by Gasteiger charge is 2.21. The smallest absolute Gasteiger partial charge is 0.326 e. The van der Waals surface area contributed by atoms with E-state index in [1.54, 1.807) is 19.1 Å². The van der Waals surface area contributed by atoms with Gasteiger partial charge in [0.15, 0.2) is 0 Å². The summed E-state index contributed by atoms with van der Waals surface area (Å²) in [5.74, 6) is -1.62. The van der Waals surface area contributed by atoms with Gasteiger partial charge in [0.2, 0.25) is 0 Å². The van der Waals surface area contributed by atoms with Crippen molar-refractivity contribution in [2.75, 3.05) is 0 Å². The Hall–Kier alpha value is -2.95. The van der Waals surface area contributed by atoms with Gasteiger partial charge in [0.25, 0.3) is 5.91 Å². The van der Waals surface area contributed by atoms with E-state index in [2.05, 4.69) is 5.32 Å². The molecule has 5 nitrogen and oxygen atoms in total. The van der Waals surface area contributed by atoms with E-state index in [1.807, 2.05) is 42.5 Å². The van der Waals surface area contributed by atoms with Crippen molar-refractivity contribution in [3.05, 3.63) is 60.2 Å². The quantitative estimate of drug-likeness (QED) is 0.773. The van der Waals surface area contributed by atoms with Crippen LogP contribution in [0.25, 0.3) is 11.1 Å². The molecule has 2 aromatic rings. The number of Topliss-reactive ketones (excluding diaryl/α,β-unsaturated/α-hetero) is 1. The van der Waals surface area contributed by atoms with Gasteiger partial charge < -0.3 is 10.4 Å². The number of carbonyl (C=O) groups excluding carboxylic acids is 2. The number of hydrogen-bond donors (Lipinski definition) is 2. The summed E-state index contributed by atoms with van der Waals surface area (Å²) in [6.07, 6.45) is 0.595. The number of rotatable bonds is 8. The first-order valence-corrected chi connectivity index (χ1v) is 8.22. The van der Waals surface area contributed by atoms with Crippen LogP contribution >= 0.6 is 0 Å². The minimum absolute atomic E-state index is 0.0206. The fraction of sp³-hybridized carbons (Fsp3) is 0.250. The summed E-state index contributed by atoms with van der Waals surface area (Å²) in [6, 6.07) is 15.6.